The van der Waals surface area contributed by atoms with Gasteiger partial charge in [0.05, 0.1) is 19.4 Å². The minimum Gasteiger partial charge on any atom is -0.467 e. The first-order chi connectivity index (χ1) is 7.20. The van der Waals surface area contributed by atoms with Crippen LogP contribution in [0, 0.1) is 0 Å². The van der Waals surface area contributed by atoms with Crippen molar-refractivity contribution in [2.45, 2.75) is 12.5 Å². The summed E-state index contributed by atoms with van der Waals surface area (Å²) < 4.78 is 4.93. The number of rotatable bonds is 2. The average Bonchev–Trinajstić information content (AvgIpc) is 2.65. The van der Waals surface area contributed by atoms with Crippen LogP contribution in [-0.2, 0) is 0 Å². The SMILES string of the molecule is COc1ncc(Cl)c(N2CCC(O)C2)n1. The molecule has 2 rings (SSSR count). The number of halogens is 1. The van der Waals surface area contributed by atoms with E-state index in [0.29, 0.717) is 17.4 Å². The van der Waals surface area contributed by atoms with Crippen LogP contribution in [0.5, 0.6) is 6.01 Å². The van der Waals surface area contributed by atoms with E-state index in [4.69, 9.17) is 16.3 Å². The zero-order valence-corrected chi connectivity index (χ0v) is 9.11. The Balaban J connectivity index is 2.26. The predicted octanol–water partition coefficient (Wildman–Crippen LogP) is 0.710. The quantitative estimate of drug-likeness (QED) is 0.810. The molecule has 0 aliphatic carbocycles. The molecule has 82 valence electrons. The molecule has 0 amide bonds. The maximum absolute atomic E-state index is 9.42. The van der Waals surface area contributed by atoms with Crippen LogP contribution in [0.25, 0.3) is 0 Å². The van der Waals surface area contributed by atoms with Crippen LogP contribution in [0.3, 0.4) is 0 Å². The number of β-amino-alcohol motifs (C(OH)–C–C–N with tert-alkyl or cyclic N) is 1. The second kappa shape index (κ2) is 4.20. The van der Waals surface area contributed by atoms with Crippen LogP contribution in [0.15, 0.2) is 6.20 Å². The van der Waals surface area contributed by atoms with Crippen LogP contribution in [0.1, 0.15) is 6.42 Å². The summed E-state index contributed by atoms with van der Waals surface area (Å²) in [6, 6.07) is 0.288. The van der Waals surface area contributed by atoms with E-state index >= 15 is 0 Å². The number of nitrogens with zero attached hydrogens (tertiary/aromatic N) is 3. The van der Waals surface area contributed by atoms with Gasteiger partial charge in [0.2, 0.25) is 0 Å². The zero-order chi connectivity index (χ0) is 10.8. The molecule has 0 saturated carbocycles. The number of aliphatic hydroxyl groups excluding tert-OH is 1. The van der Waals surface area contributed by atoms with Gasteiger partial charge in [-0.2, -0.15) is 4.98 Å². The molecule has 1 aliphatic rings. The van der Waals surface area contributed by atoms with Crippen LogP contribution in [0.4, 0.5) is 5.82 Å². The lowest BCUT2D eigenvalue weighted by Gasteiger charge is -2.17. The molecule has 1 aromatic heterocycles. The van der Waals surface area contributed by atoms with Gasteiger partial charge in [-0.1, -0.05) is 11.6 Å². The number of aliphatic hydroxyl groups is 1. The molecule has 1 unspecified atom stereocenters. The van der Waals surface area contributed by atoms with Crippen molar-refractivity contribution >= 4 is 17.4 Å². The minimum absolute atomic E-state index is 0.288. The molecule has 1 aliphatic heterocycles. The monoisotopic (exact) mass is 229 g/mol. The van der Waals surface area contributed by atoms with Crippen LogP contribution < -0.4 is 9.64 Å². The number of ether oxygens (including phenoxy) is 1. The van der Waals surface area contributed by atoms with E-state index in [0.717, 1.165) is 13.0 Å². The molecule has 1 aromatic rings. The maximum Gasteiger partial charge on any atom is 0.318 e. The summed E-state index contributed by atoms with van der Waals surface area (Å²) in [4.78, 5) is 9.98. The van der Waals surface area contributed by atoms with Gasteiger partial charge in [-0.15, -0.1) is 0 Å². The third kappa shape index (κ3) is 2.13. The maximum atomic E-state index is 9.42. The molecule has 1 saturated heterocycles. The summed E-state index contributed by atoms with van der Waals surface area (Å²) >= 11 is 5.98. The normalized spacial score (nSPS) is 20.7. The third-order valence-corrected chi connectivity index (χ3v) is 2.62. The van der Waals surface area contributed by atoms with Gasteiger partial charge in [0.25, 0.3) is 0 Å². The van der Waals surface area contributed by atoms with E-state index in [2.05, 4.69) is 9.97 Å². The Kier molecular flexibility index (Phi) is 2.93. The highest BCUT2D eigenvalue weighted by Crippen LogP contribution is 2.27. The lowest BCUT2D eigenvalue weighted by molar-refractivity contribution is 0.198. The van der Waals surface area contributed by atoms with Gasteiger partial charge < -0.3 is 14.7 Å². The minimum atomic E-state index is -0.304. The molecule has 15 heavy (non-hydrogen) atoms. The van der Waals surface area contributed by atoms with E-state index in [-0.39, 0.29) is 12.1 Å². The average molecular weight is 230 g/mol. The number of methoxy groups -OCH3 is 1. The number of hydrogen-bond acceptors (Lipinski definition) is 5. The standard InChI is InChI=1S/C9H12ClN3O2/c1-15-9-11-4-7(10)8(12-9)13-3-2-6(14)5-13/h4,6,14H,2-3,5H2,1H3. The molecule has 0 radical (unpaired) electrons. The topological polar surface area (TPSA) is 58.5 Å². The van der Waals surface area contributed by atoms with Gasteiger partial charge >= 0.3 is 6.01 Å². The van der Waals surface area contributed by atoms with E-state index in [1.807, 2.05) is 4.90 Å². The molecule has 6 heteroatoms. The Hall–Kier alpha value is -1.07. The summed E-state index contributed by atoms with van der Waals surface area (Å²) in [7, 11) is 1.51. The van der Waals surface area contributed by atoms with E-state index in [1.54, 1.807) is 0 Å². The highest BCUT2D eigenvalue weighted by atomic mass is 35.5. The lowest BCUT2D eigenvalue weighted by atomic mass is 10.3. The lowest BCUT2D eigenvalue weighted by Crippen LogP contribution is -2.22. The molecule has 0 spiro atoms. The molecule has 0 aromatic carbocycles. The van der Waals surface area contributed by atoms with Gasteiger partial charge in [-0.05, 0) is 6.42 Å². The fraction of sp³-hybridized carbons (Fsp3) is 0.556. The van der Waals surface area contributed by atoms with Crippen molar-refractivity contribution in [1.82, 2.24) is 9.97 Å². The van der Waals surface area contributed by atoms with E-state index in [1.165, 1.54) is 13.3 Å². The Morgan fingerprint density at radius 1 is 1.67 bits per heavy atom. The fourth-order valence-corrected chi connectivity index (χ4v) is 1.81. The predicted molar refractivity (Wildman–Crippen MR) is 56.4 cm³/mol. The Morgan fingerprint density at radius 3 is 3.07 bits per heavy atom. The van der Waals surface area contributed by atoms with Crippen molar-refractivity contribution in [2.24, 2.45) is 0 Å². The highest BCUT2D eigenvalue weighted by Gasteiger charge is 2.23. The van der Waals surface area contributed by atoms with Crippen molar-refractivity contribution in [3.05, 3.63) is 11.2 Å². The van der Waals surface area contributed by atoms with Crippen molar-refractivity contribution in [3.8, 4) is 6.01 Å². The Bertz CT molecular complexity index is 361. The van der Waals surface area contributed by atoms with Crippen molar-refractivity contribution in [2.75, 3.05) is 25.1 Å². The van der Waals surface area contributed by atoms with Crippen LogP contribution >= 0.6 is 11.6 Å². The van der Waals surface area contributed by atoms with Gasteiger partial charge in [-0.3, -0.25) is 0 Å². The molecule has 2 heterocycles. The summed E-state index contributed by atoms with van der Waals surface area (Å²) in [5.74, 6) is 0.625. The molecular formula is C9H12ClN3O2. The molecular weight excluding hydrogens is 218 g/mol. The first-order valence-electron chi connectivity index (χ1n) is 4.70. The number of anilines is 1. The van der Waals surface area contributed by atoms with Gasteiger partial charge in [-0.25, -0.2) is 4.98 Å². The summed E-state index contributed by atoms with van der Waals surface area (Å²) in [5.41, 5.74) is 0. The second-order valence-corrected chi connectivity index (χ2v) is 3.82. The van der Waals surface area contributed by atoms with E-state index in [9.17, 15) is 5.11 Å². The molecule has 1 N–H and O–H groups in total. The first-order valence-corrected chi connectivity index (χ1v) is 5.08. The third-order valence-electron chi connectivity index (χ3n) is 2.35. The first kappa shape index (κ1) is 10.4. The molecule has 5 nitrogen and oxygen atoms in total. The Morgan fingerprint density at radius 2 is 2.47 bits per heavy atom. The Labute approximate surface area is 92.7 Å². The fourth-order valence-electron chi connectivity index (χ4n) is 1.60. The van der Waals surface area contributed by atoms with Crippen molar-refractivity contribution in [1.29, 1.82) is 0 Å². The molecule has 1 atom stereocenters. The van der Waals surface area contributed by atoms with Crippen molar-refractivity contribution < 1.29 is 9.84 Å². The van der Waals surface area contributed by atoms with Gasteiger partial charge in [0.1, 0.15) is 5.02 Å². The van der Waals surface area contributed by atoms with Gasteiger partial charge in [0.15, 0.2) is 5.82 Å². The smallest absolute Gasteiger partial charge is 0.318 e. The summed E-state index contributed by atoms with van der Waals surface area (Å²) in [6.45, 7) is 1.31. The summed E-state index contributed by atoms with van der Waals surface area (Å²) in [5, 5.41) is 9.90. The zero-order valence-electron chi connectivity index (χ0n) is 8.35. The van der Waals surface area contributed by atoms with Gasteiger partial charge in [0, 0.05) is 13.1 Å². The number of hydrogen-bond donors (Lipinski definition) is 1. The van der Waals surface area contributed by atoms with Crippen LogP contribution in [-0.4, -0.2) is 41.4 Å². The summed E-state index contributed by atoms with van der Waals surface area (Å²) in [6.07, 6.45) is 1.94. The second-order valence-electron chi connectivity index (χ2n) is 3.42. The largest absolute Gasteiger partial charge is 0.467 e. The molecule has 1 fully saturated rings. The highest BCUT2D eigenvalue weighted by molar-refractivity contribution is 6.32. The number of aromatic nitrogens is 2. The van der Waals surface area contributed by atoms with E-state index < -0.39 is 0 Å². The van der Waals surface area contributed by atoms with Crippen molar-refractivity contribution in [3.63, 3.8) is 0 Å². The molecule has 0 bridgehead atoms. The van der Waals surface area contributed by atoms with Crippen LogP contribution in [0.2, 0.25) is 5.02 Å².